The Morgan fingerprint density at radius 1 is 1.35 bits per heavy atom. The van der Waals surface area contributed by atoms with Gasteiger partial charge in [-0.25, -0.2) is 0 Å². The van der Waals surface area contributed by atoms with Crippen LogP contribution in [-0.2, 0) is 0 Å². The number of rotatable bonds is 4. The largest absolute Gasteiger partial charge is 0.401 e. The molecule has 3 nitrogen and oxygen atoms in total. The molecule has 1 fully saturated rings. The van der Waals surface area contributed by atoms with Crippen molar-refractivity contribution in [3.63, 3.8) is 0 Å². The predicted octanol–water partition coefficient (Wildman–Crippen LogP) is 1.16. The third-order valence-corrected chi connectivity index (χ3v) is 3.21. The van der Waals surface area contributed by atoms with Crippen LogP contribution in [0.2, 0.25) is 0 Å². The van der Waals surface area contributed by atoms with E-state index in [4.69, 9.17) is 0 Å². The van der Waals surface area contributed by atoms with E-state index in [0.717, 1.165) is 19.6 Å². The zero-order valence-corrected chi connectivity index (χ0v) is 10.7. The fourth-order valence-electron chi connectivity index (χ4n) is 2.35. The second kappa shape index (κ2) is 6.02. The Bertz CT molecular complexity index is 232. The Morgan fingerprint density at radius 2 is 2.00 bits per heavy atom. The highest BCUT2D eigenvalue weighted by Crippen LogP contribution is 2.14. The van der Waals surface area contributed by atoms with E-state index in [0.29, 0.717) is 12.6 Å². The zero-order valence-electron chi connectivity index (χ0n) is 10.7. The van der Waals surface area contributed by atoms with E-state index < -0.39 is 12.7 Å². The summed E-state index contributed by atoms with van der Waals surface area (Å²) in [6, 6.07) is 0.539. The van der Waals surface area contributed by atoms with Gasteiger partial charge in [-0.2, -0.15) is 13.2 Å². The van der Waals surface area contributed by atoms with E-state index in [-0.39, 0.29) is 6.04 Å². The van der Waals surface area contributed by atoms with Crippen molar-refractivity contribution in [2.45, 2.75) is 32.1 Å². The summed E-state index contributed by atoms with van der Waals surface area (Å²) in [4.78, 5) is 4.51. The molecule has 1 aliphatic heterocycles. The van der Waals surface area contributed by atoms with Gasteiger partial charge in [0, 0.05) is 38.3 Å². The summed E-state index contributed by atoms with van der Waals surface area (Å²) in [6.45, 7) is 6.46. The first-order valence-electron chi connectivity index (χ1n) is 6.01. The Balaban J connectivity index is 2.30. The first-order chi connectivity index (χ1) is 7.79. The summed E-state index contributed by atoms with van der Waals surface area (Å²) < 4.78 is 36.0. The van der Waals surface area contributed by atoms with Crippen LogP contribution in [0.5, 0.6) is 0 Å². The third kappa shape index (κ3) is 5.23. The van der Waals surface area contributed by atoms with Crippen LogP contribution in [0.4, 0.5) is 13.2 Å². The second-order valence-corrected chi connectivity index (χ2v) is 4.94. The topological polar surface area (TPSA) is 18.5 Å². The van der Waals surface area contributed by atoms with Gasteiger partial charge in [0.2, 0.25) is 0 Å². The van der Waals surface area contributed by atoms with Gasteiger partial charge in [-0.05, 0) is 20.9 Å². The van der Waals surface area contributed by atoms with Crippen molar-refractivity contribution in [1.29, 1.82) is 0 Å². The molecule has 102 valence electrons. The molecule has 17 heavy (non-hydrogen) atoms. The highest BCUT2D eigenvalue weighted by molar-refractivity contribution is 4.82. The van der Waals surface area contributed by atoms with Crippen LogP contribution >= 0.6 is 0 Å². The molecule has 2 unspecified atom stereocenters. The average molecular weight is 253 g/mol. The van der Waals surface area contributed by atoms with Crippen LogP contribution in [0.3, 0.4) is 0 Å². The summed E-state index contributed by atoms with van der Waals surface area (Å²) in [5, 5.41) is 2.47. The molecule has 0 aromatic carbocycles. The fraction of sp³-hybridized carbons (Fsp3) is 1.00. The minimum absolute atomic E-state index is 0.140. The number of nitrogens with one attached hydrogen (secondary N) is 1. The van der Waals surface area contributed by atoms with E-state index in [1.54, 1.807) is 0 Å². The van der Waals surface area contributed by atoms with Gasteiger partial charge in [-0.15, -0.1) is 0 Å². The van der Waals surface area contributed by atoms with Crippen molar-refractivity contribution in [1.82, 2.24) is 15.1 Å². The molecule has 0 radical (unpaired) electrons. The molecular formula is C11H22F3N3. The number of piperazine rings is 1. The van der Waals surface area contributed by atoms with Crippen LogP contribution < -0.4 is 5.32 Å². The molecule has 6 heteroatoms. The maximum absolute atomic E-state index is 12.0. The van der Waals surface area contributed by atoms with Gasteiger partial charge in [0.25, 0.3) is 0 Å². The number of likely N-dealkylation sites (N-methyl/N-ethyl adjacent to an activating group) is 1. The molecule has 0 amide bonds. The minimum Gasteiger partial charge on any atom is -0.307 e. The molecule has 1 N–H and O–H groups in total. The van der Waals surface area contributed by atoms with Gasteiger partial charge in [0.05, 0.1) is 6.54 Å². The van der Waals surface area contributed by atoms with Crippen molar-refractivity contribution < 1.29 is 13.2 Å². The second-order valence-electron chi connectivity index (χ2n) is 4.94. The molecular weight excluding hydrogens is 231 g/mol. The molecule has 2 atom stereocenters. The van der Waals surface area contributed by atoms with Crippen molar-refractivity contribution in [3.05, 3.63) is 0 Å². The molecule has 1 rings (SSSR count). The van der Waals surface area contributed by atoms with Crippen LogP contribution in [0.25, 0.3) is 0 Å². The number of hydrogen-bond acceptors (Lipinski definition) is 3. The van der Waals surface area contributed by atoms with Crippen LogP contribution in [0, 0.1) is 0 Å². The standard InChI is InChI=1S/C11H22F3N3/c1-9(6-15-8-11(12,13)14)17-5-4-16(3)7-10(17)2/h9-10,15H,4-8H2,1-3H3. The molecule has 1 saturated heterocycles. The maximum atomic E-state index is 12.0. The first-order valence-corrected chi connectivity index (χ1v) is 6.01. The molecule has 0 saturated carbocycles. The lowest BCUT2D eigenvalue weighted by Crippen LogP contribution is -2.55. The summed E-state index contributed by atoms with van der Waals surface area (Å²) in [6.07, 6.45) is -4.12. The number of halogens is 3. The van der Waals surface area contributed by atoms with Gasteiger partial charge in [0.15, 0.2) is 0 Å². The lowest BCUT2D eigenvalue weighted by atomic mass is 10.1. The highest BCUT2D eigenvalue weighted by atomic mass is 19.4. The average Bonchev–Trinajstić information content (AvgIpc) is 2.15. The highest BCUT2D eigenvalue weighted by Gasteiger charge is 2.28. The lowest BCUT2D eigenvalue weighted by Gasteiger charge is -2.41. The Labute approximate surface area is 101 Å². The van der Waals surface area contributed by atoms with Crippen molar-refractivity contribution in [2.24, 2.45) is 0 Å². The first kappa shape index (κ1) is 14.7. The lowest BCUT2D eigenvalue weighted by molar-refractivity contribution is -0.125. The van der Waals surface area contributed by atoms with Gasteiger partial charge in [-0.1, -0.05) is 0 Å². The molecule has 0 aromatic rings. The normalized spacial score (nSPS) is 26.1. The maximum Gasteiger partial charge on any atom is 0.401 e. The number of nitrogens with zero attached hydrogens (tertiary/aromatic N) is 2. The van der Waals surface area contributed by atoms with E-state index >= 15 is 0 Å². The zero-order chi connectivity index (χ0) is 13.1. The summed E-state index contributed by atoms with van der Waals surface area (Å²) in [5.74, 6) is 0. The minimum atomic E-state index is -4.12. The predicted molar refractivity (Wildman–Crippen MR) is 62.1 cm³/mol. The molecule has 1 heterocycles. The van der Waals surface area contributed by atoms with Gasteiger partial charge < -0.3 is 10.2 Å². The third-order valence-electron chi connectivity index (χ3n) is 3.21. The summed E-state index contributed by atoms with van der Waals surface area (Å²) >= 11 is 0. The summed E-state index contributed by atoms with van der Waals surface area (Å²) in [5.41, 5.74) is 0. The van der Waals surface area contributed by atoms with E-state index in [9.17, 15) is 13.2 Å². The Kier molecular flexibility index (Phi) is 5.22. The molecule has 0 bridgehead atoms. The van der Waals surface area contributed by atoms with E-state index in [2.05, 4.69) is 29.1 Å². The SMILES string of the molecule is CC(CNCC(F)(F)F)N1CCN(C)CC1C. The van der Waals surface area contributed by atoms with Crippen molar-refractivity contribution in [2.75, 3.05) is 39.8 Å². The number of alkyl halides is 3. The number of hydrogen-bond donors (Lipinski definition) is 1. The van der Waals surface area contributed by atoms with Crippen molar-refractivity contribution in [3.8, 4) is 0 Å². The molecule has 0 spiro atoms. The van der Waals surface area contributed by atoms with Crippen LogP contribution in [0.15, 0.2) is 0 Å². The smallest absolute Gasteiger partial charge is 0.307 e. The van der Waals surface area contributed by atoms with Gasteiger partial charge in [0.1, 0.15) is 0 Å². The monoisotopic (exact) mass is 253 g/mol. The molecule has 0 aromatic heterocycles. The van der Waals surface area contributed by atoms with Crippen LogP contribution in [-0.4, -0.2) is 67.8 Å². The van der Waals surface area contributed by atoms with Gasteiger partial charge in [-0.3, -0.25) is 4.90 Å². The quantitative estimate of drug-likeness (QED) is 0.811. The van der Waals surface area contributed by atoms with Gasteiger partial charge >= 0.3 is 6.18 Å². The molecule has 1 aliphatic rings. The fourth-order valence-corrected chi connectivity index (χ4v) is 2.35. The Hall–Kier alpha value is -0.330. The Morgan fingerprint density at radius 3 is 2.53 bits per heavy atom. The molecule has 0 aliphatic carbocycles. The van der Waals surface area contributed by atoms with Crippen molar-refractivity contribution >= 4 is 0 Å². The van der Waals surface area contributed by atoms with E-state index in [1.165, 1.54) is 0 Å². The summed E-state index contributed by atoms with van der Waals surface area (Å²) in [7, 11) is 2.07. The van der Waals surface area contributed by atoms with Crippen LogP contribution in [0.1, 0.15) is 13.8 Å². The van der Waals surface area contributed by atoms with E-state index in [1.807, 2.05) is 6.92 Å².